The van der Waals surface area contributed by atoms with E-state index in [0.29, 0.717) is 12.1 Å². The van der Waals surface area contributed by atoms with Gasteiger partial charge in [0.05, 0.1) is 39.3 Å². The highest BCUT2D eigenvalue weighted by molar-refractivity contribution is 7.92. The van der Waals surface area contributed by atoms with Gasteiger partial charge in [0.1, 0.15) is 10.6 Å². The number of carbonyl (C=O) groups excluding carboxylic acids is 2. The van der Waals surface area contributed by atoms with Crippen molar-refractivity contribution in [3.05, 3.63) is 53.6 Å². The third kappa shape index (κ3) is 6.43. The van der Waals surface area contributed by atoms with Gasteiger partial charge in [-0.15, -0.1) is 0 Å². The number of hydrogen-bond acceptors (Lipinski definition) is 6. The number of ether oxygens (including phenoxy) is 1. The summed E-state index contributed by atoms with van der Waals surface area (Å²) in [5, 5.41) is 13.9. The molecule has 0 saturated carbocycles. The molecule has 0 unspecified atom stereocenters. The van der Waals surface area contributed by atoms with Crippen LogP contribution >= 0.6 is 0 Å². The molecule has 9 nitrogen and oxygen atoms in total. The Labute approximate surface area is 182 Å². The summed E-state index contributed by atoms with van der Waals surface area (Å²) in [5.41, 5.74) is 0.318. The highest BCUT2D eigenvalue weighted by Gasteiger charge is 2.21. The molecule has 0 aliphatic heterocycles. The summed E-state index contributed by atoms with van der Waals surface area (Å²) in [6.07, 6.45) is 0. The zero-order valence-electron chi connectivity index (χ0n) is 17.7. The Morgan fingerprint density at radius 2 is 1.65 bits per heavy atom. The predicted molar refractivity (Wildman–Crippen MR) is 114 cm³/mol. The third-order valence-electron chi connectivity index (χ3n) is 4.85. The molecule has 0 aliphatic carbocycles. The van der Waals surface area contributed by atoms with Gasteiger partial charge >= 0.3 is 0 Å². The van der Waals surface area contributed by atoms with Crippen molar-refractivity contribution in [1.82, 2.24) is 5.32 Å². The van der Waals surface area contributed by atoms with Crippen molar-refractivity contribution in [3.8, 4) is 5.75 Å². The molecule has 0 radical (unpaired) electrons. The van der Waals surface area contributed by atoms with Gasteiger partial charge in [-0.3, -0.25) is 9.52 Å². The Morgan fingerprint density at radius 1 is 1.03 bits per heavy atom. The number of rotatable bonds is 11. The van der Waals surface area contributed by atoms with Crippen LogP contribution in [0.2, 0.25) is 0 Å². The first-order chi connectivity index (χ1) is 14.7. The fourth-order valence-corrected chi connectivity index (χ4v) is 4.23. The van der Waals surface area contributed by atoms with E-state index in [9.17, 15) is 23.1 Å². The summed E-state index contributed by atoms with van der Waals surface area (Å²) < 4.78 is 32.9. The smallest absolute Gasteiger partial charge is 0.265 e. The van der Waals surface area contributed by atoms with E-state index in [0.717, 1.165) is 25.7 Å². The number of amides is 1. The fourth-order valence-electron chi connectivity index (χ4n) is 2.97. The highest BCUT2D eigenvalue weighted by atomic mass is 32.2. The van der Waals surface area contributed by atoms with E-state index in [4.69, 9.17) is 4.74 Å². The maximum absolute atomic E-state index is 12.8. The van der Waals surface area contributed by atoms with Gasteiger partial charge < -0.3 is 24.9 Å². The van der Waals surface area contributed by atoms with Gasteiger partial charge in [-0.05, 0) is 61.9 Å². The van der Waals surface area contributed by atoms with Crippen LogP contribution < -0.4 is 24.8 Å². The van der Waals surface area contributed by atoms with Crippen LogP contribution in [0.4, 0.5) is 5.69 Å². The quantitative estimate of drug-likeness (QED) is 0.425. The number of benzene rings is 2. The molecule has 2 aromatic rings. The van der Waals surface area contributed by atoms with Crippen LogP contribution in [0.15, 0.2) is 47.4 Å². The molecular weight excluding hydrogens is 422 g/mol. The van der Waals surface area contributed by atoms with Crippen molar-refractivity contribution < 1.29 is 32.8 Å². The Hall–Kier alpha value is -3.11. The molecule has 0 bridgehead atoms. The van der Waals surface area contributed by atoms with Crippen LogP contribution in [0.5, 0.6) is 5.75 Å². The maximum atomic E-state index is 12.8. The van der Waals surface area contributed by atoms with E-state index < -0.39 is 16.0 Å². The van der Waals surface area contributed by atoms with Crippen molar-refractivity contribution in [1.29, 1.82) is 0 Å². The van der Waals surface area contributed by atoms with Gasteiger partial charge in [0.15, 0.2) is 0 Å². The second-order valence-electron chi connectivity index (χ2n) is 6.80. The predicted octanol–water partition coefficient (Wildman–Crippen LogP) is -0.486. The molecule has 0 atom stereocenters. The second-order valence-corrected chi connectivity index (χ2v) is 8.45. The van der Waals surface area contributed by atoms with Crippen molar-refractivity contribution in [3.63, 3.8) is 0 Å². The van der Waals surface area contributed by atoms with E-state index in [2.05, 4.69) is 23.9 Å². The average Bonchev–Trinajstić information content (AvgIpc) is 2.76. The summed E-state index contributed by atoms with van der Waals surface area (Å²) in [4.78, 5) is 24.4. The minimum atomic E-state index is -4.14. The molecule has 31 heavy (non-hydrogen) atoms. The normalized spacial score (nSPS) is 11.2. The fraction of sp³-hybridized carbons (Fsp3) is 0.333. The molecule has 0 aliphatic rings. The topological polar surface area (TPSA) is 129 Å². The number of carboxylic acids is 1. The Bertz CT molecular complexity index is 1020. The SMILES string of the molecule is CC[NH+](CC)CCNC(=O)c1ccc(NS(=O)(=O)c2cc(C(=O)[O-])ccc2OC)cc1. The van der Waals surface area contributed by atoms with Crippen molar-refractivity contribution in [2.75, 3.05) is 38.0 Å². The molecule has 0 fully saturated rings. The van der Waals surface area contributed by atoms with Gasteiger partial charge in [-0.1, -0.05) is 0 Å². The van der Waals surface area contributed by atoms with E-state index in [-0.39, 0.29) is 27.8 Å². The summed E-state index contributed by atoms with van der Waals surface area (Å²) in [6.45, 7) is 7.51. The van der Waals surface area contributed by atoms with Crippen LogP contribution in [0.3, 0.4) is 0 Å². The lowest BCUT2D eigenvalue weighted by Crippen LogP contribution is -3.12. The summed E-state index contributed by atoms with van der Waals surface area (Å²) in [7, 11) is -2.86. The number of likely N-dealkylation sites (N-methyl/N-ethyl adjacent to an activating group) is 1. The zero-order chi connectivity index (χ0) is 23.0. The lowest BCUT2D eigenvalue weighted by molar-refractivity contribution is -0.895. The number of carbonyl (C=O) groups is 2. The molecule has 2 rings (SSSR count). The minimum absolute atomic E-state index is 0.0103. The minimum Gasteiger partial charge on any atom is -0.545 e. The molecule has 1 amide bonds. The van der Waals surface area contributed by atoms with Crippen LogP contribution in [0.25, 0.3) is 0 Å². The Morgan fingerprint density at radius 3 is 2.19 bits per heavy atom. The Balaban J connectivity index is 2.11. The first-order valence-electron chi connectivity index (χ1n) is 9.85. The van der Waals surface area contributed by atoms with Gasteiger partial charge in [0, 0.05) is 11.3 Å². The number of methoxy groups -OCH3 is 1. The third-order valence-corrected chi connectivity index (χ3v) is 6.25. The lowest BCUT2D eigenvalue weighted by atomic mass is 10.2. The molecule has 0 aromatic heterocycles. The van der Waals surface area contributed by atoms with E-state index in [1.807, 2.05) is 0 Å². The van der Waals surface area contributed by atoms with Crippen molar-refractivity contribution in [2.24, 2.45) is 0 Å². The molecule has 0 spiro atoms. The van der Waals surface area contributed by atoms with Crippen LogP contribution in [0.1, 0.15) is 34.6 Å². The molecule has 0 heterocycles. The molecule has 10 heteroatoms. The monoisotopic (exact) mass is 449 g/mol. The van der Waals surface area contributed by atoms with Crippen LogP contribution in [-0.4, -0.2) is 53.6 Å². The first-order valence-corrected chi connectivity index (χ1v) is 11.3. The number of sulfonamides is 1. The van der Waals surface area contributed by atoms with Gasteiger partial charge in [-0.2, -0.15) is 0 Å². The van der Waals surface area contributed by atoms with Crippen molar-refractivity contribution in [2.45, 2.75) is 18.7 Å². The number of nitrogens with one attached hydrogen (secondary N) is 3. The van der Waals surface area contributed by atoms with E-state index in [1.165, 1.54) is 48.4 Å². The molecule has 3 N–H and O–H groups in total. The molecule has 2 aromatic carbocycles. The largest absolute Gasteiger partial charge is 0.545 e. The average molecular weight is 450 g/mol. The number of quaternary nitrogens is 1. The maximum Gasteiger partial charge on any atom is 0.265 e. The summed E-state index contributed by atoms with van der Waals surface area (Å²) in [6, 6.07) is 9.33. The second kappa shape index (κ2) is 10.8. The number of carboxylic acid groups (broad SMARTS) is 1. The van der Waals surface area contributed by atoms with Gasteiger partial charge in [0.25, 0.3) is 15.9 Å². The van der Waals surface area contributed by atoms with Crippen molar-refractivity contribution >= 4 is 27.6 Å². The number of hydrogen-bond donors (Lipinski definition) is 3. The first kappa shape index (κ1) is 24.2. The lowest BCUT2D eigenvalue weighted by Gasteiger charge is -2.15. The molecule has 168 valence electrons. The van der Waals surface area contributed by atoms with Crippen LogP contribution in [0, 0.1) is 0 Å². The van der Waals surface area contributed by atoms with E-state index in [1.54, 1.807) is 0 Å². The number of anilines is 1. The van der Waals surface area contributed by atoms with Crippen LogP contribution in [-0.2, 0) is 10.0 Å². The summed E-state index contributed by atoms with van der Waals surface area (Å²) in [5.74, 6) is -1.76. The standard InChI is InChI=1S/C21H27N3O6S/c1-4-24(5-2)13-12-22-20(25)15-6-9-17(10-7-15)23-31(28,29)19-14-16(21(26)27)8-11-18(19)30-3/h6-11,14,23H,4-5,12-13H2,1-3H3,(H,22,25)(H,26,27). The molecule has 0 saturated heterocycles. The summed E-state index contributed by atoms with van der Waals surface area (Å²) >= 11 is 0. The van der Waals surface area contributed by atoms with Gasteiger partial charge in [-0.25, -0.2) is 8.42 Å². The van der Waals surface area contributed by atoms with Gasteiger partial charge in [0.2, 0.25) is 0 Å². The molecular formula is C21H27N3O6S. The zero-order valence-corrected chi connectivity index (χ0v) is 18.5. The van der Waals surface area contributed by atoms with E-state index >= 15 is 0 Å². The Kier molecular flexibility index (Phi) is 8.40. The number of aromatic carboxylic acids is 1. The highest BCUT2D eigenvalue weighted by Crippen LogP contribution is 2.27.